The zero-order valence-electron chi connectivity index (χ0n) is 8.53. The molecule has 0 aliphatic carbocycles. The van der Waals surface area contributed by atoms with Gasteiger partial charge in [-0.1, -0.05) is 0 Å². The topological polar surface area (TPSA) is 55.4 Å². The van der Waals surface area contributed by atoms with Crippen LogP contribution in [-0.2, 0) is 4.79 Å². The minimum Gasteiger partial charge on any atom is -0.479 e. The van der Waals surface area contributed by atoms with Crippen molar-refractivity contribution in [3.8, 4) is 5.75 Å². The molecule has 15 heavy (non-hydrogen) atoms. The van der Waals surface area contributed by atoms with Crippen molar-refractivity contribution in [1.29, 1.82) is 0 Å². The molecule has 0 aromatic heterocycles. The summed E-state index contributed by atoms with van der Waals surface area (Å²) in [5.41, 5.74) is 1.12. The lowest BCUT2D eigenvalue weighted by molar-refractivity contribution is -0.122. The van der Waals surface area contributed by atoms with Crippen molar-refractivity contribution in [2.24, 2.45) is 0 Å². The first-order chi connectivity index (χ1) is 7.08. The van der Waals surface area contributed by atoms with Crippen molar-refractivity contribution in [1.82, 2.24) is 0 Å². The fraction of sp³-hybridized carbons (Fsp3) is 0.273. The summed E-state index contributed by atoms with van der Waals surface area (Å²) in [4.78, 5) is 22.4. The molecule has 0 bridgehead atoms. The van der Waals surface area contributed by atoms with Crippen LogP contribution in [0.3, 0.4) is 0 Å². The average molecular weight is 205 g/mol. The molecule has 1 aliphatic rings. The van der Waals surface area contributed by atoms with Crippen LogP contribution in [0.15, 0.2) is 18.2 Å². The molecule has 78 valence electrons. The van der Waals surface area contributed by atoms with Crippen molar-refractivity contribution in [2.75, 3.05) is 5.32 Å². The first kappa shape index (κ1) is 9.71. The number of anilines is 1. The van der Waals surface area contributed by atoms with E-state index in [1.807, 2.05) is 0 Å². The Bertz CT molecular complexity index is 439. The first-order valence-electron chi connectivity index (χ1n) is 4.70. The summed E-state index contributed by atoms with van der Waals surface area (Å²) in [6.45, 7) is 3.16. The summed E-state index contributed by atoms with van der Waals surface area (Å²) < 4.78 is 5.36. The fourth-order valence-electron chi connectivity index (χ4n) is 1.43. The van der Waals surface area contributed by atoms with Gasteiger partial charge in [-0.05, 0) is 32.0 Å². The summed E-state index contributed by atoms with van der Waals surface area (Å²) in [5, 5.41) is 2.69. The van der Waals surface area contributed by atoms with Gasteiger partial charge in [-0.2, -0.15) is 0 Å². The number of fused-ring (bicyclic) bond motifs is 1. The molecule has 1 aromatic carbocycles. The number of rotatable bonds is 1. The minimum absolute atomic E-state index is 0.0364. The van der Waals surface area contributed by atoms with E-state index in [0.29, 0.717) is 17.0 Å². The lowest BCUT2D eigenvalue weighted by atomic mass is 10.1. The van der Waals surface area contributed by atoms with Crippen LogP contribution < -0.4 is 10.1 Å². The molecule has 1 amide bonds. The first-order valence-corrected chi connectivity index (χ1v) is 4.70. The van der Waals surface area contributed by atoms with E-state index in [0.717, 1.165) is 0 Å². The molecule has 0 unspecified atom stereocenters. The predicted octanol–water partition coefficient (Wildman–Crippen LogP) is 1.61. The van der Waals surface area contributed by atoms with Gasteiger partial charge in [0.05, 0.1) is 5.69 Å². The Labute approximate surface area is 87.2 Å². The molecule has 0 saturated heterocycles. The highest BCUT2D eigenvalue weighted by molar-refractivity contribution is 6.00. The summed E-state index contributed by atoms with van der Waals surface area (Å²) in [5.74, 6) is 0.376. The number of benzene rings is 1. The monoisotopic (exact) mass is 205 g/mol. The standard InChI is InChI=1S/C11H11NO3/c1-6(13)8-3-4-10-9(5-8)12-11(14)7(2)15-10/h3-5,7H,1-2H3,(H,12,14)/t7-/m1/s1. The predicted molar refractivity (Wildman–Crippen MR) is 55.2 cm³/mol. The molecule has 1 heterocycles. The highest BCUT2D eigenvalue weighted by Crippen LogP contribution is 2.30. The number of ketones is 1. The van der Waals surface area contributed by atoms with E-state index in [-0.39, 0.29) is 11.7 Å². The average Bonchev–Trinajstić information content (AvgIpc) is 2.19. The molecule has 0 saturated carbocycles. The van der Waals surface area contributed by atoms with Crippen LogP contribution in [0.1, 0.15) is 24.2 Å². The second kappa shape index (κ2) is 3.38. The molecule has 1 N–H and O–H groups in total. The van der Waals surface area contributed by atoms with Crippen LogP contribution >= 0.6 is 0 Å². The Hall–Kier alpha value is -1.84. The number of carbonyl (C=O) groups excluding carboxylic acids is 2. The molecular formula is C11H11NO3. The molecule has 4 heteroatoms. The van der Waals surface area contributed by atoms with E-state index in [1.54, 1.807) is 25.1 Å². The second-order valence-corrected chi connectivity index (χ2v) is 3.52. The van der Waals surface area contributed by atoms with Crippen molar-refractivity contribution in [3.63, 3.8) is 0 Å². The van der Waals surface area contributed by atoms with Crippen LogP contribution in [-0.4, -0.2) is 17.8 Å². The molecule has 4 nitrogen and oxygen atoms in total. The molecular weight excluding hydrogens is 194 g/mol. The highest BCUT2D eigenvalue weighted by Gasteiger charge is 2.23. The quantitative estimate of drug-likeness (QED) is 0.708. The van der Waals surface area contributed by atoms with Gasteiger partial charge in [0.25, 0.3) is 5.91 Å². The van der Waals surface area contributed by atoms with Crippen LogP contribution in [0.4, 0.5) is 5.69 Å². The van der Waals surface area contributed by atoms with Crippen LogP contribution in [0.5, 0.6) is 5.75 Å². The molecule has 1 aromatic rings. The van der Waals surface area contributed by atoms with Gasteiger partial charge in [0, 0.05) is 5.56 Å². The number of amides is 1. The Balaban J connectivity index is 2.41. The zero-order chi connectivity index (χ0) is 11.0. The van der Waals surface area contributed by atoms with Crippen LogP contribution in [0.2, 0.25) is 0 Å². The van der Waals surface area contributed by atoms with Gasteiger partial charge in [-0.15, -0.1) is 0 Å². The molecule has 1 aliphatic heterocycles. The Morgan fingerprint density at radius 1 is 1.47 bits per heavy atom. The minimum atomic E-state index is -0.485. The SMILES string of the molecule is CC(=O)c1ccc2c(c1)NC(=O)[C@@H](C)O2. The van der Waals surface area contributed by atoms with Crippen molar-refractivity contribution < 1.29 is 14.3 Å². The second-order valence-electron chi connectivity index (χ2n) is 3.52. The molecule has 2 rings (SSSR count). The van der Waals surface area contributed by atoms with E-state index in [9.17, 15) is 9.59 Å². The third-order valence-corrected chi connectivity index (χ3v) is 2.32. The fourth-order valence-corrected chi connectivity index (χ4v) is 1.43. The summed E-state index contributed by atoms with van der Waals surface area (Å²) in [7, 11) is 0. The smallest absolute Gasteiger partial charge is 0.265 e. The van der Waals surface area contributed by atoms with Crippen molar-refractivity contribution in [3.05, 3.63) is 23.8 Å². The highest BCUT2D eigenvalue weighted by atomic mass is 16.5. The van der Waals surface area contributed by atoms with Crippen molar-refractivity contribution >= 4 is 17.4 Å². The van der Waals surface area contributed by atoms with E-state index < -0.39 is 6.10 Å². The van der Waals surface area contributed by atoms with E-state index in [1.165, 1.54) is 6.92 Å². The van der Waals surface area contributed by atoms with E-state index >= 15 is 0 Å². The largest absolute Gasteiger partial charge is 0.479 e. The lowest BCUT2D eigenvalue weighted by Gasteiger charge is -2.23. The number of Topliss-reactive ketones (excluding diaryl/α,β-unsaturated/α-hetero) is 1. The van der Waals surface area contributed by atoms with Crippen LogP contribution in [0, 0.1) is 0 Å². The third-order valence-electron chi connectivity index (χ3n) is 2.32. The third kappa shape index (κ3) is 1.70. The Kier molecular flexibility index (Phi) is 2.19. The number of nitrogens with one attached hydrogen (secondary N) is 1. The summed E-state index contributed by atoms with van der Waals surface area (Å²) >= 11 is 0. The lowest BCUT2D eigenvalue weighted by Crippen LogP contribution is -2.34. The van der Waals surface area contributed by atoms with E-state index in [2.05, 4.69) is 5.32 Å². The van der Waals surface area contributed by atoms with Crippen molar-refractivity contribution in [2.45, 2.75) is 20.0 Å². The number of carbonyl (C=O) groups is 2. The number of hydrogen-bond donors (Lipinski definition) is 1. The van der Waals surface area contributed by atoms with Gasteiger partial charge in [0.1, 0.15) is 5.75 Å². The maximum Gasteiger partial charge on any atom is 0.265 e. The maximum absolute atomic E-state index is 11.3. The summed E-state index contributed by atoms with van der Waals surface area (Å²) in [6.07, 6.45) is -0.485. The van der Waals surface area contributed by atoms with E-state index in [4.69, 9.17) is 4.74 Å². The van der Waals surface area contributed by atoms with Gasteiger partial charge in [-0.3, -0.25) is 9.59 Å². The molecule has 0 radical (unpaired) electrons. The van der Waals surface area contributed by atoms with Gasteiger partial charge < -0.3 is 10.1 Å². The molecule has 0 spiro atoms. The van der Waals surface area contributed by atoms with Gasteiger partial charge >= 0.3 is 0 Å². The maximum atomic E-state index is 11.3. The Morgan fingerprint density at radius 2 is 2.20 bits per heavy atom. The van der Waals surface area contributed by atoms with Gasteiger partial charge in [0.15, 0.2) is 11.9 Å². The molecule has 1 atom stereocenters. The zero-order valence-corrected chi connectivity index (χ0v) is 8.53. The summed E-state index contributed by atoms with van der Waals surface area (Å²) in [6, 6.07) is 5.01. The van der Waals surface area contributed by atoms with Gasteiger partial charge in [0.2, 0.25) is 0 Å². The van der Waals surface area contributed by atoms with Crippen LogP contribution in [0.25, 0.3) is 0 Å². The van der Waals surface area contributed by atoms with Gasteiger partial charge in [-0.25, -0.2) is 0 Å². The Morgan fingerprint density at radius 3 is 2.87 bits per heavy atom. The molecule has 0 fully saturated rings. The normalized spacial score (nSPS) is 18.8. The number of hydrogen-bond acceptors (Lipinski definition) is 3. The number of ether oxygens (including phenoxy) is 1.